The van der Waals surface area contributed by atoms with E-state index in [1.807, 2.05) is 0 Å². The van der Waals surface area contributed by atoms with Gasteiger partial charge in [-0.1, -0.05) is 0 Å². The van der Waals surface area contributed by atoms with Gasteiger partial charge < -0.3 is 0 Å². The Hall–Kier alpha value is -1.09. The van der Waals surface area contributed by atoms with Crippen molar-refractivity contribution in [3.63, 3.8) is 0 Å². The van der Waals surface area contributed by atoms with Crippen molar-refractivity contribution < 1.29 is 70.6 Å². The molecule has 1 rings (SSSR count). The molecule has 1 nitrogen and oxygen atoms in total. The SMILES string of the molecule is FC(F)(F)C(CCC(F)(F)C(F)(F)C(F)(F)C1(F)OC1(F)F)C(F)(F)F. The maximum Gasteiger partial charge on any atom is 0.424 e. The molecule has 1 aliphatic rings. The first-order valence-corrected chi connectivity index (χ1v) is 6.08. The molecule has 16 heteroatoms. The third kappa shape index (κ3) is 3.40. The molecule has 1 heterocycles. The monoisotopic (exact) mass is 426 g/mol. The molecule has 0 aromatic rings. The summed E-state index contributed by atoms with van der Waals surface area (Å²) in [4.78, 5) is 0. The number of hydrogen-bond donors (Lipinski definition) is 0. The number of alkyl halides is 15. The molecule has 0 spiro atoms. The molecule has 0 radical (unpaired) electrons. The molecule has 0 N–H and O–H groups in total. The van der Waals surface area contributed by atoms with Gasteiger partial charge in [0.05, 0.1) is 0 Å². The van der Waals surface area contributed by atoms with Crippen LogP contribution in [-0.4, -0.2) is 42.1 Å². The summed E-state index contributed by atoms with van der Waals surface area (Å²) in [5, 5.41) is 0. The van der Waals surface area contributed by atoms with E-state index in [-0.39, 0.29) is 0 Å². The van der Waals surface area contributed by atoms with E-state index in [0.29, 0.717) is 0 Å². The van der Waals surface area contributed by atoms with Crippen molar-refractivity contribution >= 4 is 0 Å². The van der Waals surface area contributed by atoms with Crippen molar-refractivity contribution in [2.24, 2.45) is 5.92 Å². The molecule has 1 saturated heterocycles. The quantitative estimate of drug-likeness (QED) is 0.392. The van der Waals surface area contributed by atoms with E-state index in [0.717, 1.165) is 0 Å². The average molecular weight is 426 g/mol. The Morgan fingerprint density at radius 1 is 0.692 bits per heavy atom. The highest BCUT2D eigenvalue weighted by Gasteiger charge is 2.96. The Bertz CT molecular complexity index is 518. The Labute approximate surface area is 133 Å². The normalized spacial score (nSPS) is 24.9. The third-order valence-corrected chi connectivity index (χ3v) is 3.40. The fraction of sp³-hybridized carbons (Fsp3) is 1.00. The zero-order chi connectivity index (χ0) is 21.2. The minimum absolute atomic E-state index is 2.35. The topological polar surface area (TPSA) is 12.5 Å². The molecule has 1 fully saturated rings. The fourth-order valence-corrected chi connectivity index (χ4v) is 1.83. The zero-order valence-electron chi connectivity index (χ0n) is 11.6. The van der Waals surface area contributed by atoms with Gasteiger partial charge in [0.2, 0.25) is 0 Å². The van der Waals surface area contributed by atoms with Gasteiger partial charge in [-0.05, 0) is 6.42 Å². The van der Waals surface area contributed by atoms with Crippen LogP contribution in [0.25, 0.3) is 0 Å². The van der Waals surface area contributed by atoms with Crippen LogP contribution in [0.3, 0.4) is 0 Å². The summed E-state index contributed by atoms with van der Waals surface area (Å²) in [6, 6.07) is 0. The van der Waals surface area contributed by atoms with E-state index < -0.39 is 60.8 Å². The van der Waals surface area contributed by atoms with Gasteiger partial charge in [0, 0.05) is 6.42 Å². The lowest BCUT2D eigenvalue weighted by Crippen LogP contribution is -2.61. The lowest BCUT2D eigenvalue weighted by Gasteiger charge is -2.34. The van der Waals surface area contributed by atoms with Crippen molar-refractivity contribution in [2.45, 2.75) is 54.9 Å². The van der Waals surface area contributed by atoms with Crippen LogP contribution in [-0.2, 0) is 4.74 Å². The molecule has 1 unspecified atom stereocenters. The second kappa shape index (κ2) is 5.70. The smallest absolute Gasteiger partial charge is 0.265 e. The van der Waals surface area contributed by atoms with Crippen molar-refractivity contribution in [1.29, 1.82) is 0 Å². The summed E-state index contributed by atoms with van der Waals surface area (Å²) in [6.45, 7) is 0. The molecule has 1 aliphatic heterocycles. The zero-order valence-corrected chi connectivity index (χ0v) is 11.6. The van der Waals surface area contributed by atoms with Crippen molar-refractivity contribution in [1.82, 2.24) is 0 Å². The summed E-state index contributed by atoms with van der Waals surface area (Å²) in [7, 11) is 0. The molecule has 0 aromatic heterocycles. The minimum Gasteiger partial charge on any atom is -0.265 e. The van der Waals surface area contributed by atoms with E-state index in [1.54, 1.807) is 0 Å². The predicted molar refractivity (Wildman–Crippen MR) is 49.5 cm³/mol. The summed E-state index contributed by atoms with van der Waals surface area (Å²) < 4.78 is 192. The van der Waals surface area contributed by atoms with Crippen LogP contribution in [0.15, 0.2) is 0 Å². The molecular weight excluding hydrogens is 421 g/mol. The van der Waals surface area contributed by atoms with Crippen LogP contribution in [0.1, 0.15) is 12.8 Å². The third-order valence-electron chi connectivity index (χ3n) is 3.40. The fourth-order valence-electron chi connectivity index (χ4n) is 1.83. The van der Waals surface area contributed by atoms with E-state index in [9.17, 15) is 65.9 Å². The Kier molecular flexibility index (Phi) is 5.03. The van der Waals surface area contributed by atoms with Crippen LogP contribution in [0.5, 0.6) is 0 Å². The van der Waals surface area contributed by atoms with Gasteiger partial charge >= 0.3 is 42.1 Å². The van der Waals surface area contributed by atoms with Crippen LogP contribution in [0.4, 0.5) is 65.9 Å². The van der Waals surface area contributed by atoms with Gasteiger partial charge in [-0.2, -0.15) is 65.9 Å². The summed E-state index contributed by atoms with van der Waals surface area (Å²) in [6.07, 6.45) is -24.1. The standard InChI is InChI=1S/C10H5F15O/c11-4(12,2-1-3(5(13,14)15)6(16,17)18)7(19,20)8(21,22)9(23)10(24,25)26-9/h3H,1-2H2. The minimum atomic E-state index is -7.10. The maximum atomic E-state index is 13.2. The number of ether oxygens (including phenoxy) is 1. The molecule has 26 heavy (non-hydrogen) atoms. The summed E-state index contributed by atoms with van der Waals surface area (Å²) in [5.41, 5.74) is 0. The Morgan fingerprint density at radius 2 is 1.04 bits per heavy atom. The molecule has 0 bridgehead atoms. The number of epoxide rings is 1. The summed E-state index contributed by atoms with van der Waals surface area (Å²) >= 11 is 0. The van der Waals surface area contributed by atoms with Crippen molar-refractivity contribution in [3.8, 4) is 0 Å². The number of rotatable bonds is 6. The second-order valence-electron chi connectivity index (χ2n) is 5.24. The van der Waals surface area contributed by atoms with Gasteiger partial charge in [0.15, 0.2) is 5.92 Å². The predicted octanol–water partition coefficient (Wildman–Crippen LogP) is 5.70. The molecule has 0 amide bonds. The molecule has 0 saturated carbocycles. The lowest BCUT2D eigenvalue weighted by molar-refractivity contribution is -0.349. The van der Waals surface area contributed by atoms with Gasteiger partial charge in [-0.3, -0.25) is 4.74 Å². The first-order chi connectivity index (χ1) is 11.0. The van der Waals surface area contributed by atoms with Crippen molar-refractivity contribution in [2.75, 3.05) is 0 Å². The van der Waals surface area contributed by atoms with E-state index >= 15 is 0 Å². The Morgan fingerprint density at radius 3 is 1.31 bits per heavy atom. The number of halogens is 15. The maximum absolute atomic E-state index is 13.2. The average Bonchev–Trinajstić information content (AvgIpc) is 2.86. The van der Waals surface area contributed by atoms with Crippen molar-refractivity contribution in [3.05, 3.63) is 0 Å². The highest BCUT2D eigenvalue weighted by Crippen LogP contribution is 2.66. The molecule has 1 atom stereocenters. The molecule has 0 aliphatic carbocycles. The first kappa shape index (κ1) is 23.0. The van der Waals surface area contributed by atoms with Gasteiger partial charge in [-0.15, -0.1) is 0 Å². The molecule has 0 aromatic carbocycles. The molecular formula is C10H5F15O. The molecule has 156 valence electrons. The van der Waals surface area contributed by atoms with E-state index in [1.165, 1.54) is 0 Å². The van der Waals surface area contributed by atoms with Gasteiger partial charge in [0.1, 0.15) is 0 Å². The first-order valence-electron chi connectivity index (χ1n) is 6.08. The van der Waals surface area contributed by atoms with Crippen LogP contribution < -0.4 is 0 Å². The highest BCUT2D eigenvalue weighted by molar-refractivity contribution is 5.13. The van der Waals surface area contributed by atoms with Crippen LogP contribution in [0, 0.1) is 5.92 Å². The highest BCUT2D eigenvalue weighted by atomic mass is 19.4. The van der Waals surface area contributed by atoms with E-state index in [4.69, 9.17) is 0 Å². The van der Waals surface area contributed by atoms with E-state index in [2.05, 4.69) is 4.74 Å². The largest absolute Gasteiger partial charge is 0.424 e. The Balaban J connectivity index is 3.09. The second-order valence-corrected chi connectivity index (χ2v) is 5.24. The van der Waals surface area contributed by atoms with Gasteiger partial charge in [-0.25, -0.2) is 0 Å². The number of hydrogen-bond acceptors (Lipinski definition) is 1. The lowest BCUT2D eigenvalue weighted by atomic mass is 9.92. The van der Waals surface area contributed by atoms with Crippen LogP contribution >= 0.6 is 0 Å². The van der Waals surface area contributed by atoms with Crippen LogP contribution in [0.2, 0.25) is 0 Å². The summed E-state index contributed by atoms with van der Waals surface area (Å²) in [5.74, 6) is -31.0. The van der Waals surface area contributed by atoms with Gasteiger partial charge in [0.25, 0.3) is 0 Å².